The number of amides is 1. The first-order valence-electron chi connectivity index (χ1n) is 7.07. The lowest BCUT2D eigenvalue weighted by Crippen LogP contribution is -2.41. The van der Waals surface area contributed by atoms with E-state index in [0.717, 1.165) is 11.1 Å². The fourth-order valence-corrected chi connectivity index (χ4v) is 2.29. The van der Waals surface area contributed by atoms with Crippen molar-refractivity contribution in [2.45, 2.75) is 32.7 Å². The summed E-state index contributed by atoms with van der Waals surface area (Å²) in [6.45, 7) is 3.96. The van der Waals surface area contributed by atoms with Gasteiger partial charge in [-0.1, -0.05) is 32.0 Å². The highest BCUT2D eigenvalue weighted by atomic mass is 16.3. The van der Waals surface area contributed by atoms with Crippen LogP contribution in [0.2, 0.25) is 0 Å². The van der Waals surface area contributed by atoms with E-state index in [1.54, 1.807) is 0 Å². The van der Waals surface area contributed by atoms with Gasteiger partial charge in [-0.15, -0.1) is 0 Å². The highest BCUT2D eigenvalue weighted by Crippen LogP contribution is 2.18. The Hall–Kier alpha value is -1.81. The Kier molecular flexibility index (Phi) is 4.79. The molecule has 2 aromatic rings. The molecule has 4 nitrogen and oxygen atoms in total. The number of aromatic nitrogens is 1. The number of para-hydroxylation sites is 1. The van der Waals surface area contributed by atoms with Gasteiger partial charge < -0.3 is 15.4 Å². The van der Waals surface area contributed by atoms with Gasteiger partial charge >= 0.3 is 0 Å². The number of aliphatic hydroxyl groups is 1. The quantitative estimate of drug-likeness (QED) is 0.756. The van der Waals surface area contributed by atoms with Gasteiger partial charge in [-0.3, -0.25) is 4.79 Å². The number of aryl methyl sites for hydroxylation is 1. The molecule has 3 N–H and O–H groups in total. The van der Waals surface area contributed by atoms with Crippen molar-refractivity contribution in [2.75, 3.05) is 6.61 Å². The Balaban J connectivity index is 1.93. The molecule has 2 rings (SSSR count). The fraction of sp³-hybridized carbons (Fsp3) is 0.438. The Labute approximate surface area is 119 Å². The molecule has 0 aliphatic rings. The summed E-state index contributed by atoms with van der Waals surface area (Å²) in [5, 5.41) is 13.3. The number of aromatic amines is 1. The van der Waals surface area contributed by atoms with Crippen LogP contribution in [0, 0.1) is 5.92 Å². The fourth-order valence-electron chi connectivity index (χ4n) is 2.29. The van der Waals surface area contributed by atoms with E-state index in [9.17, 15) is 9.90 Å². The third-order valence-electron chi connectivity index (χ3n) is 3.64. The molecule has 0 radical (unpaired) electrons. The number of aliphatic hydroxyl groups excluding tert-OH is 1. The third-order valence-corrected chi connectivity index (χ3v) is 3.64. The summed E-state index contributed by atoms with van der Waals surface area (Å²) in [6, 6.07) is 7.92. The molecule has 108 valence electrons. The molecule has 4 heteroatoms. The number of hydrogen-bond donors (Lipinski definition) is 3. The lowest BCUT2D eigenvalue weighted by Gasteiger charge is -2.19. The van der Waals surface area contributed by atoms with Crippen LogP contribution in [0.25, 0.3) is 10.9 Å². The van der Waals surface area contributed by atoms with Gasteiger partial charge in [0.15, 0.2) is 0 Å². The average Bonchev–Trinajstić information content (AvgIpc) is 2.85. The standard InChI is InChI=1S/C16H22N2O2/c1-11(2)15(10-19)18-16(20)8-7-12-9-17-14-6-4-3-5-13(12)14/h3-6,9,11,15,17,19H,7-8,10H2,1-2H3,(H,18,20)/t15-/m1/s1. The zero-order chi connectivity index (χ0) is 14.5. The highest BCUT2D eigenvalue weighted by Gasteiger charge is 2.15. The van der Waals surface area contributed by atoms with Crippen LogP contribution in [0.15, 0.2) is 30.5 Å². The van der Waals surface area contributed by atoms with Crippen LogP contribution >= 0.6 is 0 Å². The van der Waals surface area contributed by atoms with Crippen LogP contribution in [0.5, 0.6) is 0 Å². The van der Waals surface area contributed by atoms with Gasteiger partial charge in [-0.25, -0.2) is 0 Å². The Bertz CT molecular complexity index is 575. The van der Waals surface area contributed by atoms with Crippen LogP contribution in [0.3, 0.4) is 0 Å². The van der Waals surface area contributed by atoms with Gasteiger partial charge in [-0.2, -0.15) is 0 Å². The SMILES string of the molecule is CC(C)[C@@H](CO)NC(=O)CCc1c[nH]c2ccccc12. The van der Waals surface area contributed by atoms with Gasteiger partial charge in [0.25, 0.3) is 0 Å². The topological polar surface area (TPSA) is 65.1 Å². The molecule has 0 aliphatic heterocycles. The zero-order valence-electron chi connectivity index (χ0n) is 12.0. The van der Waals surface area contributed by atoms with Crippen molar-refractivity contribution in [2.24, 2.45) is 5.92 Å². The lowest BCUT2D eigenvalue weighted by molar-refractivity contribution is -0.122. The second kappa shape index (κ2) is 6.57. The molecular formula is C16H22N2O2. The molecule has 0 unspecified atom stereocenters. The molecule has 0 saturated carbocycles. The van der Waals surface area contributed by atoms with Gasteiger partial charge in [0, 0.05) is 23.5 Å². The first-order chi connectivity index (χ1) is 9.61. The normalized spacial score (nSPS) is 12.8. The van der Waals surface area contributed by atoms with E-state index < -0.39 is 0 Å². The van der Waals surface area contributed by atoms with Crippen LogP contribution in [-0.2, 0) is 11.2 Å². The number of H-pyrrole nitrogens is 1. The first kappa shape index (κ1) is 14.6. The summed E-state index contributed by atoms with van der Waals surface area (Å²) in [5.41, 5.74) is 2.25. The maximum Gasteiger partial charge on any atom is 0.220 e. The molecule has 0 fully saturated rings. The Morgan fingerprint density at radius 2 is 2.10 bits per heavy atom. The molecule has 1 atom stereocenters. The van der Waals surface area contributed by atoms with E-state index in [-0.39, 0.29) is 24.5 Å². The van der Waals surface area contributed by atoms with Gasteiger partial charge in [0.05, 0.1) is 12.6 Å². The second-order valence-corrected chi connectivity index (χ2v) is 5.46. The van der Waals surface area contributed by atoms with Crippen LogP contribution in [-0.4, -0.2) is 28.6 Å². The molecule has 1 amide bonds. The Morgan fingerprint density at radius 1 is 1.35 bits per heavy atom. The van der Waals surface area contributed by atoms with E-state index in [1.165, 1.54) is 5.39 Å². The lowest BCUT2D eigenvalue weighted by atomic mass is 10.0. The number of rotatable bonds is 6. The number of hydrogen-bond acceptors (Lipinski definition) is 2. The van der Waals surface area contributed by atoms with Gasteiger partial charge in [0.2, 0.25) is 5.91 Å². The zero-order valence-corrected chi connectivity index (χ0v) is 12.0. The predicted octanol–water partition coefficient (Wildman–Crippen LogP) is 2.23. The van der Waals surface area contributed by atoms with E-state index in [2.05, 4.69) is 16.4 Å². The maximum atomic E-state index is 11.9. The van der Waals surface area contributed by atoms with Crippen molar-refractivity contribution in [3.8, 4) is 0 Å². The summed E-state index contributed by atoms with van der Waals surface area (Å²) in [6.07, 6.45) is 3.10. The number of fused-ring (bicyclic) bond motifs is 1. The van der Waals surface area contributed by atoms with Gasteiger partial charge in [-0.05, 0) is 24.0 Å². The monoisotopic (exact) mass is 274 g/mol. The van der Waals surface area contributed by atoms with Crippen molar-refractivity contribution in [1.29, 1.82) is 0 Å². The molecule has 20 heavy (non-hydrogen) atoms. The minimum atomic E-state index is -0.162. The summed E-state index contributed by atoms with van der Waals surface area (Å²) in [5.74, 6) is 0.222. The van der Waals surface area contributed by atoms with Crippen molar-refractivity contribution >= 4 is 16.8 Å². The van der Waals surface area contributed by atoms with E-state index in [4.69, 9.17) is 0 Å². The van der Waals surface area contributed by atoms with E-state index >= 15 is 0 Å². The van der Waals surface area contributed by atoms with Crippen molar-refractivity contribution < 1.29 is 9.90 Å². The first-order valence-corrected chi connectivity index (χ1v) is 7.07. The number of carbonyl (C=O) groups is 1. The van der Waals surface area contributed by atoms with Gasteiger partial charge in [0.1, 0.15) is 0 Å². The smallest absolute Gasteiger partial charge is 0.220 e. The summed E-state index contributed by atoms with van der Waals surface area (Å²) in [7, 11) is 0. The van der Waals surface area contributed by atoms with Crippen molar-refractivity contribution in [3.63, 3.8) is 0 Å². The minimum absolute atomic E-state index is 0.0111. The van der Waals surface area contributed by atoms with Crippen molar-refractivity contribution in [3.05, 3.63) is 36.0 Å². The van der Waals surface area contributed by atoms with Crippen molar-refractivity contribution in [1.82, 2.24) is 10.3 Å². The summed E-state index contributed by atoms with van der Waals surface area (Å²) < 4.78 is 0. The summed E-state index contributed by atoms with van der Waals surface area (Å²) >= 11 is 0. The average molecular weight is 274 g/mol. The van der Waals surface area contributed by atoms with Crippen LogP contribution in [0.1, 0.15) is 25.8 Å². The molecule has 1 aromatic carbocycles. The predicted molar refractivity (Wildman–Crippen MR) is 80.5 cm³/mol. The number of benzene rings is 1. The molecule has 0 bridgehead atoms. The molecule has 0 spiro atoms. The van der Waals surface area contributed by atoms with E-state index in [1.807, 2.05) is 38.2 Å². The molecule has 1 heterocycles. The van der Waals surface area contributed by atoms with E-state index in [0.29, 0.717) is 12.8 Å². The van der Waals surface area contributed by atoms with Crippen LogP contribution < -0.4 is 5.32 Å². The maximum absolute atomic E-state index is 11.9. The third kappa shape index (κ3) is 3.39. The summed E-state index contributed by atoms with van der Waals surface area (Å²) in [4.78, 5) is 15.1. The highest BCUT2D eigenvalue weighted by molar-refractivity contribution is 5.84. The second-order valence-electron chi connectivity index (χ2n) is 5.46. The number of carbonyl (C=O) groups excluding carboxylic acids is 1. The number of nitrogens with one attached hydrogen (secondary N) is 2. The van der Waals surface area contributed by atoms with Crippen LogP contribution in [0.4, 0.5) is 0 Å². The Morgan fingerprint density at radius 3 is 2.80 bits per heavy atom. The molecular weight excluding hydrogens is 252 g/mol. The molecule has 1 aromatic heterocycles. The molecule has 0 aliphatic carbocycles. The molecule has 0 saturated heterocycles. The largest absolute Gasteiger partial charge is 0.394 e. The minimum Gasteiger partial charge on any atom is -0.394 e.